The number of rotatable bonds is 0. The molecule has 328 valence electrons. The average Bonchev–Trinajstić information content (AvgIpc) is 2.66. The van der Waals surface area contributed by atoms with E-state index in [1.54, 1.807) is 0 Å². The minimum atomic E-state index is -4.61. The van der Waals surface area contributed by atoms with E-state index in [1.165, 1.54) is 0 Å². The third-order valence-corrected chi connectivity index (χ3v) is 0. The Morgan fingerprint density at radius 3 is 0.167 bits per heavy atom. The fourth-order valence-electron chi connectivity index (χ4n) is 0. The van der Waals surface area contributed by atoms with Crippen molar-refractivity contribution in [2.75, 3.05) is 0 Å². The zero-order valence-electron chi connectivity index (χ0n) is 22.4. The van der Waals surface area contributed by atoms with Crippen molar-refractivity contribution in [1.82, 2.24) is 0 Å². The Morgan fingerprint density at radius 1 is 0.167 bits per heavy atom. The molecule has 0 saturated carbocycles. The van der Waals surface area contributed by atoms with Crippen molar-refractivity contribution in [2.24, 2.45) is 0 Å². The summed E-state index contributed by atoms with van der Waals surface area (Å²) in [6.45, 7) is 0. The molecule has 0 heterocycles. The molecular weight excluding hydrogens is 2890 g/mol. The molecule has 0 amide bonds. The van der Waals surface area contributed by atoms with Gasteiger partial charge >= 0.3 is 338 Å². The SMILES string of the molecule is O.O[Si](O)(O)O.[O]=[W](=[O])=[O].[O]=[W](=[O])=[O].[O]=[W](=[O])=[O].[O]=[W](=[O])=[O].[O]=[W](=[O])=[O].[O]=[W](=[O])=[O].[O]=[W](=[O])=[O].[O]=[W](=[O])=[O].[O]=[W](=[O])=[O].[O]=[W](=[O])=[O].[O]=[W](=[O])=[O].[O]=[W](=[O])=[O]. The van der Waals surface area contributed by atoms with E-state index in [-0.39, 0.29) is 5.48 Å². The summed E-state index contributed by atoms with van der Waals surface area (Å²) in [7, 11) is -4.61. The molecule has 0 spiro atoms. The molecule has 54 heavy (non-hydrogen) atoms. The van der Waals surface area contributed by atoms with Crippen LogP contribution in [0.1, 0.15) is 0 Å². The van der Waals surface area contributed by atoms with Crippen LogP contribution in [0.5, 0.6) is 0 Å². The van der Waals surface area contributed by atoms with Gasteiger partial charge in [0.1, 0.15) is 0 Å². The van der Waals surface area contributed by atoms with Gasteiger partial charge in [-0.2, -0.15) is 0 Å². The molecule has 0 aliphatic rings. The van der Waals surface area contributed by atoms with Gasteiger partial charge in [-0.3, -0.25) is 0 Å². The van der Waals surface area contributed by atoms with Crippen molar-refractivity contribution in [2.45, 2.75) is 0 Å². The van der Waals surface area contributed by atoms with E-state index in [0.717, 1.165) is 0 Å². The van der Waals surface area contributed by atoms with Gasteiger partial charge in [-0.1, -0.05) is 0 Å². The van der Waals surface area contributed by atoms with Gasteiger partial charge in [0.2, 0.25) is 0 Å². The minimum absolute atomic E-state index is 0. The fourth-order valence-corrected chi connectivity index (χ4v) is 0. The van der Waals surface area contributed by atoms with Crippen LogP contribution in [-0.2, 0) is 329 Å². The summed E-state index contributed by atoms with van der Waals surface area (Å²) in [4.78, 5) is 29.3. The van der Waals surface area contributed by atoms with Crippen molar-refractivity contribution in [1.29, 1.82) is 0 Å². The topological polar surface area (TPSA) is 727 Å². The van der Waals surface area contributed by atoms with E-state index in [2.05, 4.69) is 0 Å². The summed E-state index contributed by atoms with van der Waals surface area (Å²) in [5.41, 5.74) is 0. The van der Waals surface area contributed by atoms with E-state index < -0.39 is 215 Å². The van der Waals surface area contributed by atoms with Crippen molar-refractivity contribution >= 4 is 9.05 Å². The van der Waals surface area contributed by atoms with Crippen LogP contribution in [0.2, 0.25) is 0 Å². The summed E-state index contributed by atoms with van der Waals surface area (Å²) < 4.78 is 310. The van der Waals surface area contributed by atoms with Crippen LogP contribution in [-0.4, -0.2) is 33.7 Å². The molecule has 0 unspecified atom stereocenters. The average molecular weight is 2900 g/mol. The molecule has 0 aliphatic carbocycles. The van der Waals surface area contributed by atoms with E-state index in [0.29, 0.717) is 0 Å². The van der Waals surface area contributed by atoms with Crippen LogP contribution in [0.15, 0.2) is 0 Å². The molecular formula is H6O41SiW12. The maximum atomic E-state index is 8.61. The Labute approximate surface area is 356 Å². The van der Waals surface area contributed by atoms with Gasteiger partial charge < -0.3 is 24.7 Å². The molecule has 0 saturated heterocycles. The van der Waals surface area contributed by atoms with Crippen LogP contribution in [0.3, 0.4) is 0 Å². The molecule has 0 radical (unpaired) electrons. The molecule has 54 heteroatoms. The number of hydrogen-bond acceptors (Lipinski definition) is 40. The molecule has 6 N–H and O–H groups in total. The fraction of sp³-hybridized carbons (Fsp3) is 0. The molecule has 0 aliphatic heterocycles. The van der Waals surface area contributed by atoms with Crippen LogP contribution < -0.4 is 0 Å². The van der Waals surface area contributed by atoms with Gasteiger partial charge in [0.15, 0.2) is 0 Å². The first kappa shape index (κ1) is 95.5. The molecule has 0 bridgehead atoms. The maximum absolute atomic E-state index is 8.61. The van der Waals surface area contributed by atoms with E-state index >= 15 is 0 Å². The molecule has 0 aromatic heterocycles. The quantitative estimate of drug-likeness (QED) is 0.164. The second-order valence-corrected chi connectivity index (χ2v) is 21.8. The Kier molecular flexibility index (Phi) is 145. The molecule has 0 aromatic carbocycles. The zero-order valence-corrected chi connectivity index (χ0v) is 58.6. The summed E-state index contributed by atoms with van der Waals surface area (Å²) in [6, 6.07) is 0. The van der Waals surface area contributed by atoms with Gasteiger partial charge in [0.25, 0.3) is 0 Å². The van der Waals surface area contributed by atoms with E-state index in [9.17, 15) is 0 Å². The third-order valence-electron chi connectivity index (χ3n) is 0. The predicted molar refractivity (Wildman–Crippen MR) is 43.0 cm³/mol. The van der Waals surface area contributed by atoms with Crippen LogP contribution in [0, 0.1) is 0 Å². The van der Waals surface area contributed by atoms with Gasteiger partial charge in [0.05, 0.1) is 0 Å². The van der Waals surface area contributed by atoms with Crippen LogP contribution >= 0.6 is 0 Å². The molecule has 0 fully saturated rings. The first-order valence-corrected chi connectivity index (χ1v) is 51.8. The monoisotopic (exact) mass is 2900 g/mol. The third kappa shape index (κ3) is 124000. The second kappa shape index (κ2) is 82.1. The van der Waals surface area contributed by atoms with Crippen molar-refractivity contribution in [3.63, 3.8) is 0 Å². The molecule has 0 aromatic rings. The Balaban J connectivity index is -0.0000000267. The summed E-state index contributed by atoms with van der Waals surface area (Å²) in [5, 5.41) is 0. The van der Waals surface area contributed by atoms with Gasteiger partial charge in [-0.05, 0) is 0 Å². The van der Waals surface area contributed by atoms with Gasteiger partial charge in [0, 0.05) is 0 Å². The zero-order chi connectivity index (χ0) is 47.4. The predicted octanol–water partition coefficient (Wildman–Crippen LogP) is -7.74. The van der Waals surface area contributed by atoms with Crippen LogP contribution in [0.25, 0.3) is 0 Å². The summed E-state index contributed by atoms with van der Waals surface area (Å²) in [5.74, 6) is 0. The van der Waals surface area contributed by atoms with Gasteiger partial charge in [-0.25, -0.2) is 0 Å². The van der Waals surface area contributed by atoms with Crippen molar-refractivity contribution < 1.29 is 353 Å². The molecule has 0 rings (SSSR count). The number of hydrogen-bond donors (Lipinski definition) is 4. The molecule has 0 atom stereocenters. The van der Waals surface area contributed by atoms with Crippen molar-refractivity contribution in [3.8, 4) is 0 Å². The Morgan fingerprint density at radius 2 is 0.167 bits per heavy atom. The van der Waals surface area contributed by atoms with Crippen molar-refractivity contribution in [3.05, 3.63) is 0 Å². The molecule has 41 nitrogen and oxygen atoms in total. The normalized spacial score (nSPS) is 6.44. The first-order chi connectivity index (χ1) is 22.8. The standard InChI is InChI=1S/H4O4Si.H2O.36O.12W/c1-5(2,3)4;;;;;;;;;;;;;;;;;;;;;;;;;;;;;;;;;;;;;;;;;;;;;;;;;/h1-4H;1H2;;;;;;;;;;;;;;;;;;;;;;;;;;;;;;;;;;;;;;;;;;;;;;;;. The van der Waals surface area contributed by atoms with Crippen LogP contribution in [0.4, 0.5) is 0 Å². The summed E-state index contributed by atoms with van der Waals surface area (Å²) >= 11 is -51.3. The second-order valence-electron chi connectivity index (χ2n) is 3.05. The Bertz CT molecular complexity index is 1620. The van der Waals surface area contributed by atoms with Gasteiger partial charge in [-0.15, -0.1) is 0 Å². The Hall–Kier alpha value is 1.08. The van der Waals surface area contributed by atoms with E-state index in [4.69, 9.17) is 141 Å². The summed E-state index contributed by atoms with van der Waals surface area (Å²) in [6.07, 6.45) is 0. The first-order valence-electron chi connectivity index (χ1n) is 6.89. The van der Waals surface area contributed by atoms with E-state index in [1.807, 2.05) is 0 Å².